The Labute approximate surface area is 112 Å². The van der Waals surface area contributed by atoms with Crippen molar-refractivity contribution < 1.29 is 18.3 Å². The van der Waals surface area contributed by atoms with Crippen LogP contribution in [0.2, 0.25) is 0 Å². The molecular formula is C13H17NO4S. The molecule has 0 unspecified atom stereocenters. The molecule has 6 heteroatoms. The maximum Gasteiger partial charge on any atom is 0.337 e. The SMILES string of the molecule is Cc1ccc(NS(=O)(=O)C2CCCC2)c(C(=O)O)c1. The monoisotopic (exact) mass is 283 g/mol. The lowest BCUT2D eigenvalue weighted by Crippen LogP contribution is -2.26. The van der Waals surface area contributed by atoms with Gasteiger partial charge in [0, 0.05) is 0 Å². The zero-order valence-corrected chi connectivity index (χ0v) is 11.5. The Balaban J connectivity index is 2.30. The molecule has 0 aromatic heterocycles. The second kappa shape index (κ2) is 5.21. The van der Waals surface area contributed by atoms with E-state index in [0.29, 0.717) is 12.8 Å². The van der Waals surface area contributed by atoms with Crippen LogP contribution in [0.5, 0.6) is 0 Å². The highest BCUT2D eigenvalue weighted by molar-refractivity contribution is 7.93. The van der Waals surface area contributed by atoms with E-state index in [1.807, 2.05) is 0 Å². The summed E-state index contributed by atoms with van der Waals surface area (Å²) >= 11 is 0. The quantitative estimate of drug-likeness (QED) is 0.888. The van der Waals surface area contributed by atoms with Gasteiger partial charge in [0.05, 0.1) is 16.5 Å². The Morgan fingerprint density at radius 1 is 1.32 bits per heavy atom. The highest BCUT2D eigenvalue weighted by Gasteiger charge is 2.29. The van der Waals surface area contributed by atoms with Crippen molar-refractivity contribution in [3.63, 3.8) is 0 Å². The van der Waals surface area contributed by atoms with Crippen LogP contribution in [0.15, 0.2) is 18.2 Å². The molecule has 0 aliphatic heterocycles. The van der Waals surface area contributed by atoms with Crippen molar-refractivity contribution in [2.45, 2.75) is 37.9 Å². The maximum atomic E-state index is 12.2. The number of carboxylic acids is 1. The molecule has 1 saturated carbocycles. The molecule has 0 heterocycles. The van der Waals surface area contributed by atoms with E-state index < -0.39 is 21.2 Å². The van der Waals surface area contributed by atoms with Crippen LogP contribution in [0, 0.1) is 6.92 Å². The fraction of sp³-hybridized carbons (Fsp3) is 0.462. The number of sulfonamides is 1. The van der Waals surface area contributed by atoms with Crippen molar-refractivity contribution in [3.05, 3.63) is 29.3 Å². The maximum absolute atomic E-state index is 12.2. The third-order valence-corrected chi connectivity index (χ3v) is 5.25. The number of carboxylic acid groups (broad SMARTS) is 1. The fourth-order valence-electron chi connectivity index (χ4n) is 2.36. The van der Waals surface area contributed by atoms with Gasteiger partial charge in [-0.2, -0.15) is 0 Å². The van der Waals surface area contributed by atoms with Crippen LogP contribution >= 0.6 is 0 Å². The van der Waals surface area contributed by atoms with Crippen LogP contribution in [0.3, 0.4) is 0 Å². The van der Waals surface area contributed by atoms with E-state index in [0.717, 1.165) is 18.4 Å². The molecule has 1 aliphatic carbocycles. The molecule has 0 bridgehead atoms. The van der Waals surface area contributed by atoms with Gasteiger partial charge in [0.25, 0.3) is 0 Å². The van der Waals surface area contributed by atoms with Gasteiger partial charge >= 0.3 is 5.97 Å². The second-order valence-electron chi connectivity index (χ2n) is 4.91. The van der Waals surface area contributed by atoms with Gasteiger partial charge in [-0.15, -0.1) is 0 Å². The summed E-state index contributed by atoms with van der Waals surface area (Å²) < 4.78 is 26.7. The lowest BCUT2D eigenvalue weighted by molar-refractivity contribution is 0.0698. The van der Waals surface area contributed by atoms with Crippen LogP contribution in [-0.4, -0.2) is 24.7 Å². The Bertz CT molecular complexity index is 589. The summed E-state index contributed by atoms with van der Waals surface area (Å²) in [6.07, 6.45) is 3.10. The molecule has 104 valence electrons. The minimum absolute atomic E-state index is 0.0124. The first-order valence-corrected chi connectivity index (χ1v) is 7.80. The number of aryl methyl sites for hydroxylation is 1. The molecule has 0 radical (unpaired) electrons. The predicted molar refractivity (Wildman–Crippen MR) is 72.9 cm³/mol. The van der Waals surface area contributed by atoms with Gasteiger partial charge in [-0.25, -0.2) is 13.2 Å². The molecule has 1 fully saturated rings. The number of hydrogen-bond acceptors (Lipinski definition) is 3. The highest BCUT2D eigenvalue weighted by Crippen LogP contribution is 2.27. The van der Waals surface area contributed by atoms with Crippen molar-refractivity contribution in [3.8, 4) is 0 Å². The zero-order valence-electron chi connectivity index (χ0n) is 10.7. The summed E-state index contributed by atoms with van der Waals surface area (Å²) in [5, 5.41) is 8.71. The van der Waals surface area contributed by atoms with Crippen LogP contribution < -0.4 is 4.72 Å². The van der Waals surface area contributed by atoms with Crippen LogP contribution in [0.4, 0.5) is 5.69 Å². The van der Waals surface area contributed by atoms with E-state index in [2.05, 4.69) is 4.72 Å². The third-order valence-electron chi connectivity index (χ3n) is 3.40. The summed E-state index contributed by atoms with van der Waals surface area (Å²) in [6, 6.07) is 4.67. The van der Waals surface area contributed by atoms with Crippen LogP contribution in [0.25, 0.3) is 0 Å². The van der Waals surface area contributed by atoms with E-state index in [-0.39, 0.29) is 11.3 Å². The standard InChI is InChI=1S/C13H17NO4S/c1-9-6-7-12(11(8-9)13(15)16)14-19(17,18)10-4-2-3-5-10/h6-8,10,14H,2-5H2,1H3,(H,15,16). The van der Waals surface area contributed by atoms with E-state index in [1.54, 1.807) is 13.0 Å². The number of carbonyl (C=O) groups is 1. The van der Waals surface area contributed by atoms with Crippen molar-refractivity contribution in [2.75, 3.05) is 4.72 Å². The summed E-state index contributed by atoms with van der Waals surface area (Å²) in [5.41, 5.74) is 0.910. The first-order chi connectivity index (χ1) is 8.90. The lowest BCUT2D eigenvalue weighted by atomic mass is 10.1. The van der Waals surface area contributed by atoms with Crippen molar-refractivity contribution >= 4 is 21.7 Å². The smallest absolute Gasteiger partial charge is 0.337 e. The number of benzene rings is 1. The molecular weight excluding hydrogens is 266 g/mol. The summed E-state index contributed by atoms with van der Waals surface area (Å²) in [7, 11) is -3.50. The fourth-order valence-corrected chi connectivity index (χ4v) is 3.96. The Kier molecular flexibility index (Phi) is 3.80. The molecule has 0 amide bonds. The molecule has 1 aromatic rings. The van der Waals surface area contributed by atoms with Gasteiger partial charge in [-0.05, 0) is 31.9 Å². The molecule has 1 aromatic carbocycles. The van der Waals surface area contributed by atoms with Crippen LogP contribution in [-0.2, 0) is 10.0 Å². The van der Waals surface area contributed by atoms with Gasteiger partial charge in [-0.3, -0.25) is 4.72 Å². The average molecular weight is 283 g/mol. The number of aromatic carboxylic acids is 1. The van der Waals surface area contributed by atoms with Gasteiger partial charge in [0.15, 0.2) is 0 Å². The number of rotatable bonds is 4. The summed E-state index contributed by atoms with van der Waals surface area (Å²) in [5.74, 6) is -1.13. The van der Waals surface area contributed by atoms with Crippen molar-refractivity contribution in [1.82, 2.24) is 0 Å². The second-order valence-corrected chi connectivity index (χ2v) is 6.87. The lowest BCUT2D eigenvalue weighted by Gasteiger charge is -2.15. The predicted octanol–water partition coefficient (Wildman–Crippen LogP) is 2.38. The molecule has 19 heavy (non-hydrogen) atoms. The number of nitrogens with one attached hydrogen (secondary N) is 1. The highest BCUT2D eigenvalue weighted by atomic mass is 32.2. The Morgan fingerprint density at radius 3 is 2.53 bits per heavy atom. The first kappa shape index (κ1) is 13.9. The molecule has 2 rings (SSSR count). The van der Waals surface area contributed by atoms with Gasteiger partial charge in [0.2, 0.25) is 10.0 Å². The molecule has 0 atom stereocenters. The number of anilines is 1. The van der Waals surface area contributed by atoms with E-state index in [4.69, 9.17) is 5.11 Å². The molecule has 2 N–H and O–H groups in total. The summed E-state index contributed by atoms with van der Waals surface area (Å²) in [4.78, 5) is 11.1. The normalized spacial score (nSPS) is 16.5. The van der Waals surface area contributed by atoms with Crippen molar-refractivity contribution in [2.24, 2.45) is 0 Å². The molecule has 0 saturated heterocycles. The number of hydrogen-bond donors (Lipinski definition) is 2. The minimum Gasteiger partial charge on any atom is -0.478 e. The summed E-state index contributed by atoms with van der Waals surface area (Å²) in [6.45, 7) is 1.77. The first-order valence-electron chi connectivity index (χ1n) is 6.26. The largest absolute Gasteiger partial charge is 0.478 e. The van der Waals surface area contributed by atoms with Gasteiger partial charge in [0.1, 0.15) is 0 Å². The minimum atomic E-state index is -3.50. The molecule has 5 nitrogen and oxygen atoms in total. The van der Waals surface area contributed by atoms with Crippen LogP contribution in [0.1, 0.15) is 41.6 Å². The average Bonchev–Trinajstić information content (AvgIpc) is 2.85. The van der Waals surface area contributed by atoms with Crippen molar-refractivity contribution in [1.29, 1.82) is 0 Å². The topological polar surface area (TPSA) is 83.5 Å². The van der Waals surface area contributed by atoms with E-state index >= 15 is 0 Å². The zero-order chi connectivity index (χ0) is 14.0. The van der Waals surface area contributed by atoms with E-state index in [1.165, 1.54) is 12.1 Å². The molecule has 0 spiro atoms. The van der Waals surface area contributed by atoms with Gasteiger partial charge < -0.3 is 5.11 Å². The third kappa shape index (κ3) is 3.07. The molecule has 1 aliphatic rings. The van der Waals surface area contributed by atoms with Gasteiger partial charge in [-0.1, -0.05) is 24.5 Å². The van der Waals surface area contributed by atoms with E-state index in [9.17, 15) is 13.2 Å². The Morgan fingerprint density at radius 2 is 1.95 bits per heavy atom. The Hall–Kier alpha value is -1.56.